The molecule has 0 aliphatic heterocycles. The Balaban J connectivity index is 3.23. The first kappa shape index (κ1) is 13.2. The Bertz CT molecular complexity index is 363. The maximum atomic E-state index is 12.9. The summed E-state index contributed by atoms with van der Waals surface area (Å²) in [6.45, 7) is 3.49. The van der Waals surface area contributed by atoms with Crippen LogP contribution in [0.4, 0.5) is 8.78 Å². The third-order valence-corrected chi connectivity index (χ3v) is 2.28. The van der Waals surface area contributed by atoms with E-state index in [0.29, 0.717) is 0 Å². The van der Waals surface area contributed by atoms with Gasteiger partial charge in [-0.1, -0.05) is 0 Å². The number of hydrogen-bond acceptors (Lipinski definition) is 3. The Morgan fingerprint density at radius 1 is 1.56 bits per heavy atom. The summed E-state index contributed by atoms with van der Waals surface area (Å²) in [5, 5.41) is 9.56. The highest BCUT2D eigenvalue weighted by Crippen LogP contribution is 2.39. The summed E-state index contributed by atoms with van der Waals surface area (Å²) < 4.78 is 31.8. The lowest BCUT2D eigenvalue weighted by molar-refractivity contribution is -0.0482. The number of aromatic nitrogens is 2. The van der Waals surface area contributed by atoms with Gasteiger partial charge in [0.1, 0.15) is 5.69 Å². The van der Waals surface area contributed by atoms with Crippen molar-refractivity contribution in [3.8, 4) is 5.75 Å². The lowest BCUT2D eigenvalue weighted by Gasteiger charge is -2.20. The van der Waals surface area contributed by atoms with E-state index < -0.39 is 11.5 Å². The number of methoxy groups -OCH3 is 1. The Hall–Kier alpha value is -0.880. The molecule has 0 saturated heterocycles. The molecule has 0 saturated carbocycles. The molecule has 0 amide bonds. The van der Waals surface area contributed by atoms with Gasteiger partial charge >= 0.3 is 5.38 Å². The standard InChI is InChI=1S/C9H13ClF2N2O2/c1-5(2)14-7(6(16-3)4-13-14)8(15)9(10,11)12/h4-5,8,15H,1-3H3. The van der Waals surface area contributed by atoms with Gasteiger partial charge in [-0.3, -0.25) is 4.68 Å². The van der Waals surface area contributed by atoms with Crippen LogP contribution >= 0.6 is 11.6 Å². The van der Waals surface area contributed by atoms with Crippen LogP contribution in [0.1, 0.15) is 31.7 Å². The van der Waals surface area contributed by atoms with Gasteiger partial charge in [-0.25, -0.2) is 0 Å². The predicted octanol–water partition coefficient (Wildman–Crippen LogP) is 2.34. The minimum Gasteiger partial charge on any atom is -0.493 e. The van der Waals surface area contributed by atoms with Crippen LogP contribution in [-0.2, 0) is 0 Å². The summed E-state index contributed by atoms with van der Waals surface area (Å²) in [6, 6.07) is -0.187. The normalized spacial score (nSPS) is 14.2. The lowest BCUT2D eigenvalue weighted by atomic mass is 10.2. The van der Waals surface area contributed by atoms with Gasteiger partial charge in [0.15, 0.2) is 11.9 Å². The molecule has 0 spiro atoms. The first-order valence-corrected chi connectivity index (χ1v) is 5.03. The topological polar surface area (TPSA) is 47.3 Å². The van der Waals surface area contributed by atoms with Crippen molar-refractivity contribution >= 4 is 11.6 Å². The van der Waals surface area contributed by atoms with Crippen LogP contribution in [0.5, 0.6) is 5.75 Å². The van der Waals surface area contributed by atoms with Crippen molar-refractivity contribution in [3.05, 3.63) is 11.9 Å². The second-order valence-corrected chi connectivity index (χ2v) is 4.08. The molecule has 7 heteroatoms. The third kappa shape index (κ3) is 2.44. The molecule has 16 heavy (non-hydrogen) atoms. The van der Waals surface area contributed by atoms with Gasteiger partial charge in [0.25, 0.3) is 0 Å². The molecule has 1 unspecified atom stereocenters. The van der Waals surface area contributed by atoms with E-state index in [4.69, 9.17) is 16.3 Å². The van der Waals surface area contributed by atoms with E-state index in [1.807, 2.05) is 0 Å². The Kier molecular flexibility index (Phi) is 3.75. The van der Waals surface area contributed by atoms with Gasteiger partial charge < -0.3 is 9.84 Å². The summed E-state index contributed by atoms with van der Waals surface area (Å²) in [4.78, 5) is 0. The Morgan fingerprint density at radius 2 is 2.12 bits per heavy atom. The van der Waals surface area contributed by atoms with Gasteiger partial charge in [0.2, 0.25) is 0 Å². The molecule has 0 aliphatic carbocycles. The molecule has 1 heterocycles. The van der Waals surface area contributed by atoms with Gasteiger partial charge in [-0.2, -0.15) is 13.9 Å². The Morgan fingerprint density at radius 3 is 2.50 bits per heavy atom. The predicted molar refractivity (Wildman–Crippen MR) is 54.9 cm³/mol. The second kappa shape index (κ2) is 4.55. The first-order valence-electron chi connectivity index (χ1n) is 4.65. The van der Waals surface area contributed by atoms with E-state index in [0.717, 1.165) is 0 Å². The molecule has 1 rings (SSSR count). The van der Waals surface area contributed by atoms with Crippen molar-refractivity contribution in [1.82, 2.24) is 9.78 Å². The van der Waals surface area contributed by atoms with Crippen molar-refractivity contribution in [2.75, 3.05) is 7.11 Å². The average Bonchev–Trinajstić information content (AvgIpc) is 2.57. The summed E-state index contributed by atoms with van der Waals surface area (Å²) in [5.74, 6) is 0.0847. The molecule has 92 valence electrons. The monoisotopic (exact) mass is 254 g/mol. The number of aliphatic hydroxyl groups is 1. The zero-order valence-corrected chi connectivity index (χ0v) is 9.87. The number of nitrogens with zero attached hydrogens (tertiary/aromatic N) is 2. The van der Waals surface area contributed by atoms with Gasteiger partial charge in [-0.15, -0.1) is 0 Å². The van der Waals surface area contributed by atoms with Crippen molar-refractivity contribution in [2.45, 2.75) is 31.4 Å². The number of halogens is 3. The maximum Gasteiger partial charge on any atom is 0.352 e. The highest BCUT2D eigenvalue weighted by molar-refractivity contribution is 6.22. The zero-order valence-electron chi connectivity index (χ0n) is 9.12. The number of alkyl halides is 3. The largest absolute Gasteiger partial charge is 0.493 e. The van der Waals surface area contributed by atoms with Gasteiger partial charge in [0.05, 0.1) is 13.3 Å². The fraction of sp³-hybridized carbons (Fsp3) is 0.667. The van der Waals surface area contributed by atoms with Crippen LogP contribution in [0.2, 0.25) is 0 Å². The van der Waals surface area contributed by atoms with Crippen molar-refractivity contribution in [3.63, 3.8) is 0 Å². The highest BCUT2D eigenvalue weighted by Gasteiger charge is 2.41. The molecule has 0 radical (unpaired) electrons. The number of aliphatic hydroxyl groups excluding tert-OH is 1. The lowest BCUT2D eigenvalue weighted by Crippen LogP contribution is -2.23. The quantitative estimate of drug-likeness (QED) is 0.839. The van der Waals surface area contributed by atoms with Crippen molar-refractivity contribution in [2.24, 2.45) is 0 Å². The summed E-state index contributed by atoms with van der Waals surface area (Å²) in [6.07, 6.45) is -0.893. The second-order valence-electron chi connectivity index (χ2n) is 3.58. The molecule has 1 atom stereocenters. The molecule has 1 aromatic rings. The number of hydrogen-bond donors (Lipinski definition) is 1. The smallest absolute Gasteiger partial charge is 0.352 e. The van der Waals surface area contributed by atoms with Crippen LogP contribution in [0.25, 0.3) is 0 Å². The van der Waals surface area contributed by atoms with Crippen molar-refractivity contribution in [1.29, 1.82) is 0 Å². The summed E-state index contributed by atoms with van der Waals surface area (Å²) >= 11 is 4.80. The maximum absolute atomic E-state index is 12.9. The Labute approximate surface area is 96.8 Å². The molecular weight excluding hydrogens is 242 g/mol. The molecule has 0 aromatic carbocycles. The molecule has 0 fully saturated rings. The number of rotatable bonds is 4. The highest BCUT2D eigenvalue weighted by atomic mass is 35.5. The summed E-state index contributed by atoms with van der Waals surface area (Å²) in [5.41, 5.74) is -0.127. The fourth-order valence-electron chi connectivity index (χ4n) is 1.34. The molecule has 4 nitrogen and oxygen atoms in total. The van der Waals surface area contributed by atoms with Crippen LogP contribution in [-0.4, -0.2) is 27.4 Å². The van der Waals surface area contributed by atoms with Gasteiger partial charge in [-0.05, 0) is 25.4 Å². The minimum absolute atomic E-state index is 0.0847. The van der Waals surface area contributed by atoms with E-state index >= 15 is 0 Å². The molecule has 0 bridgehead atoms. The average molecular weight is 255 g/mol. The van der Waals surface area contributed by atoms with Crippen LogP contribution in [0.3, 0.4) is 0 Å². The number of ether oxygens (including phenoxy) is 1. The third-order valence-electron chi connectivity index (χ3n) is 2.08. The SMILES string of the molecule is COc1cnn(C(C)C)c1C(O)C(F)(F)Cl. The molecular formula is C9H13ClF2N2O2. The first-order chi connectivity index (χ1) is 7.29. The fourth-order valence-corrected chi connectivity index (χ4v) is 1.44. The van der Waals surface area contributed by atoms with E-state index in [1.165, 1.54) is 18.0 Å². The van der Waals surface area contributed by atoms with Crippen molar-refractivity contribution < 1.29 is 18.6 Å². The van der Waals surface area contributed by atoms with Gasteiger partial charge in [0, 0.05) is 6.04 Å². The minimum atomic E-state index is -3.76. The summed E-state index contributed by atoms with van der Waals surface area (Å²) in [7, 11) is 1.31. The van der Waals surface area contributed by atoms with Crippen LogP contribution < -0.4 is 4.74 Å². The van der Waals surface area contributed by atoms with Crippen LogP contribution in [0, 0.1) is 0 Å². The molecule has 1 N–H and O–H groups in total. The van der Waals surface area contributed by atoms with E-state index in [9.17, 15) is 13.9 Å². The zero-order chi connectivity index (χ0) is 12.5. The van der Waals surface area contributed by atoms with Crippen LogP contribution in [0.15, 0.2) is 6.20 Å². The molecule has 1 aromatic heterocycles. The molecule has 0 aliphatic rings. The van der Waals surface area contributed by atoms with E-state index in [1.54, 1.807) is 13.8 Å². The van der Waals surface area contributed by atoms with E-state index in [2.05, 4.69) is 5.10 Å². The van der Waals surface area contributed by atoms with E-state index in [-0.39, 0.29) is 17.5 Å².